The predicted molar refractivity (Wildman–Crippen MR) is 62.5 cm³/mol. The van der Waals surface area contributed by atoms with Gasteiger partial charge in [0.2, 0.25) is 11.7 Å². The zero-order valence-electron chi connectivity index (χ0n) is 9.93. The van der Waals surface area contributed by atoms with Crippen LogP contribution in [0.25, 0.3) is 11.6 Å². The molecule has 1 aliphatic carbocycles. The number of carbonyl (C=O) groups excluding carboxylic acids is 1. The Labute approximate surface area is 104 Å². The van der Waals surface area contributed by atoms with E-state index in [0.717, 1.165) is 25.7 Å². The van der Waals surface area contributed by atoms with E-state index in [0.29, 0.717) is 17.5 Å². The van der Waals surface area contributed by atoms with Gasteiger partial charge in [-0.05, 0) is 12.8 Å². The van der Waals surface area contributed by atoms with Gasteiger partial charge in [-0.2, -0.15) is 4.98 Å². The summed E-state index contributed by atoms with van der Waals surface area (Å²) in [6, 6.07) is 0. The third kappa shape index (κ3) is 2.18. The molecule has 1 N–H and O–H groups in total. The van der Waals surface area contributed by atoms with Gasteiger partial charge in [-0.1, -0.05) is 18.0 Å². The Morgan fingerprint density at radius 1 is 1.44 bits per heavy atom. The number of hydrogen-bond acceptors (Lipinski definition) is 5. The van der Waals surface area contributed by atoms with Gasteiger partial charge in [0.05, 0.1) is 6.42 Å². The summed E-state index contributed by atoms with van der Waals surface area (Å²) in [5.41, 5.74) is 0. The number of nitrogens with zero attached hydrogens (tertiary/aromatic N) is 3. The summed E-state index contributed by atoms with van der Waals surface area (Å²) in [5, 5.41) is 3.81. The van der Waals surface area contributed by atoms with Crippen LogP contribution in [0.4, 0.5) is 0 Å². The van der Waals surface area contributed by atoms with Gasteiger partial charge in [0.25, 0.3) is 0 Å². The molecule has 2 aromatic rings. The first kappa shape index (κ1) is 11.1. The number of aromatic amines is 1. The number of nitrogens with one attached hydrogen (secondary N) is 1. The summed E-state index contributed by atoms with van der Waals surface area (Å²) in [5.74, 6) is 1.72. The van der Waals surface area contributed by atoms with Crippen LogP contribution < -0.4 is 0 Å². The average molecular weight is 246 g/mol. The molecule has 2 heterocycles. The van der Waals surface area contributed by atoms with E-state index in [4.69, 9.17) is 4.52 Å². The number of Topliss-reactive ketones (excluding diaryl/α,β-unsaturated/α-hetero) is 1. The van der Waals surface area contributed by atoms with Gasteiger partial charge in [-0.15, -0.1) is 0 Å². The molecular formula is C12H14N4O2. The van der Waals surface area contributed by atoms with E-state index in [1.165, 1.54) is 0 Å². The standard InChI is InChI=1S/C12H14N4O2/c17-9(8-3-1-2-4-8)7-10-15-12(16-18-10)11-13-5-6-14-11/h5-6,8H,1-4,7H2,(H,13,14). The molecule has 1 aliphatic rings. The molecule has 18 heavy (non-hydrogen) atoms. The van der Waals surface area contributed by atoms with E-state index in [2.05, 4.69) is 20.1 Å². The minimum Gasteiger partial charge on any atom is -0.342 e. The van der Waals surface area contributed by atoms with Gasteiger partial charge in [-0.25, -0.2) is 4.98 Å². The number of rotatable bonds is 4. The van der Waals surface area contributed by atoms with Crippen LogP contribution in [0, 0.1) is 5.92 Å². The van der Waals surface area contributed by atoms with Gasteiger partial charge < -0.3 is 9.51 Å². The molecule has 94 valence electrons. The first-order valence-corrected chi connectivity index (χ1v) is 6.18. The highest BCUT2D eigenvalue weighted by Crippen LogP contribution is 2.26. The first-order valence-electron chi connectivity index (χ1n) is 6.18. The third-order valence-electron chi connectivity index (χ3n) is 3.31. The second-order valence-corrected chi connectivity index (χ2v) is 4.57. The SMILES string of the molecule is O=C(Cc1nc(-c2ncc[nH]2)no1)C1CCCC1. The molecule has 1 fully saturated rings. The average Bonchev–Trinajstić information content (AvgIpc) is 3.12. The second-order valence-electron chi connectivity index (χ2n) is 4.57. The van der Waals surface area contributed by atoms with Crippen LogP contribution in [-0.4, -0.2) is 25.9 Å². The van der Waals surface area contributed by atoms with Crippen molar-refractivity contribution in [3.8, 4) is 11.6 Å². The monoisotopic (exact) mass is 246 g/mol. The van der Waals surface area contributed by atoms with Crippen molar-refractivity contribution in [1.29, 1.82) is 0 Å². The summed E-state index contributed by atoms with van der Waals surface area (Å²) in [6.45, 7) is 0. The van der Waals surface area contributed by atoms with Crippen LogP contribution in [0.15, 0.2) is 16.9 Å². The van der Waals surface area contributed by atoms with Crippen LogP contribution in [0.1, 0.15) is 31.6 Å². The number of ketones is 1. The molecule has 0 spiro atoms. The van der Waals surface area contributed by atoms with Crippen LogP contribution in [-0.2, 0) is 11.2 Å². The van der Waals surface area contributed by atoms with Gasteiger partial charge >= 0.3 is 0 Å². The second kappa shape index (κ2) is 4.72. The molecule has 0 bridgehead atoms. The molecule has 0 unspecified atom stereocenters. The van der Waals surface area contributed by atoms with Crippen molar-refractivity contribution in [3.63, 3.8) is 0 Å². The van der Waals surface area contributed by atoms with Crippen LogP contribution in [0.2, 0.25) is 0 Å². The van der Waals surface area contributed by atoms with Crippen molar-refractivity contribution in [1.82, 2.24) is 20.1 Å². The quantitative estimate of drug-likeness (QED) is 0.888. The highest BCUT2D eigenvalue weighted by molar-refractivity contribution is 5.82. The zero-order chi connectivity index (χ0) is 12.4. The van der Waals surface area contributed by atoms with E-state index in [-0.39, 0.29) is 18.1 Å². The van der Waals surface area contributed by atoms with Crippen LogP contribution in [0.3, 0.4) is 0 Å². The third-order valence-corrected chi connectivity index (χ3v) is 3.31. The number of H-pyrrole nitrogens is 1. The topological polar surface area (TPSA) is 84.7 Å². The van der Waals surface area contributed by atoms with Crippen LogP contribution in [0.5, 0.6) is 0 Å². The van der Waals surface area contributed by atoms with E-state index >= 15 is 0 Å². The molecule has 0 aliphatic heterocycles. The molecular weight excluding hydrogens is 232 g/mol. The zero-order valence-corrected chi connectivity index (χ0v) is 9.93. The molecule has 1 saturated carbocycles. The van der Waals surface area contributed by atoms with E-state index in [1.807, 2.05) is 0 Å². The van der Waals surface area contributed by atoms with Gasteiger partial charge in [0, 0.05) is 18.3 Å². The maximum Gasteiger partial charge on any atom is 0.238 e. The van der Waals surface area contributed by atoms with E-state index in [9.17, 15) is 4.79 Å². The molecule has 0 atom stereocenters. The Kier molecular flexibility index (Phi) is 2.92. The lowest BCUT2D eigenvalue weighted by Crippen LogP contribution is -2.13. The van der Waals surface area contributed by atoms with Gasteiger partial charge in [0.15, 0.2) is 5.82 Å². The maximum absolute atomic E-state index is 12.0. The maximum atomic E-state index is 12.0. The molecule has 3 rings (SSSR count). The minimum atomic E-state index is 0.184. The van der Waals surface area contributed by atoms with Crippen molar-refractivity contribution < 1.29 is 9.32 Å². The summed E-state index contributed by atoms with van der Waals surface area (Å²) < 4.78 is 5.08. The molecule has 2 aromatic heterocycles. The summed E-state index contributed by atoms with van der Waals surface area (Å²) in [6.07, 6.45) is 7.84. The highest BCUT2D eigenvalue weighted by Gasteiger charge is 2.24. The summed E-state index contributed by atoms with van der Waals surface area (Å²) in [4.78, 5) is 23.1. The lowest BCUT2D eigenvalue weighted by atomic mass is 10.0. The Morgan fingerprint density at radius 2 is 2.28 bits per heavy atom. The number of hydrogen-bond donors (Lipinski definition) is 1. The lowest BCUT2D eigenvalue weighted by molar-refractivity contribution is -0.122. The Balaban J connectivity index is 1.68. The fraction of sp³-hybridized carbons (Fsp3) is 0.500. The largest absolute Gasteiger partial charge is 0.342 e. The fourth-order valence-corrected chi connectivity index (χ4v) is 2.35. The number of aromatic nitrogens is 4. The Hall–Kier alpha value is -1.98. The molecule has 6 nitrogen and oxygen atoms in total. The Morgan fingerprint density at radius 3 is 3.00 bits per heavy atom. The van der Waals surface area contributed by atoms with Crippen molar-refractivity contribution in [2.75, 3.05) is 0 Å². The first-order chi connectivity index (χ1) is 8.83. The van der Waals surface area contributed by atoms with E-state index < -0.39 is 0 Å². The summed E-state index contributed by atoms with van der Waals surface area (Å²) in [7, 11) is 0. The molecule has 0 radical (unpaired) electrons. The highest BCUT2D eigenvalue weighted by atomic mass is 16.5. The van der Waals surface area contributed by atoms with Crippen molar-refractivity contribution in [2.24, 2.45) is 5.92 Å². The molecule has 0 amide bonds. The van der Waals surface area contributed by atoms with Crippen LogP contribution >= 0.6 is 0 Å². The van der Waals surface area contributed by atoms with Gasteiger partial charge in [0.1, 0.15) is 5.78 Å². The normalized spacial score (nSPS) is 16.2. The van der Waals surface area contributed by atoms with Crippen molar-refractivity contribution in [2.45, 2.75) is 32.1 Å². The number of carbonyl (C=O) groups is 1. The van der Waals surface area contributed by atoms with Gasteiger partial charge in [-0.3, -0.25) is 4.79 Å². The fourth-order valence-electron chi connectivity index (χ4n) is 2.35. The van der Waals surface area contributed by atoms with E-state index in [1.54, 1.807) is 12.4 Å². The molecule has 0 saturated heterocycles. The number of imidazole rings is 1. The molecule has 6 heteroatoms. The smallest absolute Gasteiger partial charge is 0.238 e. The van der Waals surface area contributed by atoms with Crippen molar-refractivity contribution in [3.05, 3.63) is 18.3 Å². The molecule has 0 aromatic carbocycles. The summed E-state index contributed by atoms with van der Waals surface area (Å²) >= 11 is 0. The minimum absolute atomic E-state index is 0.184. The predicted octanol–water partition coefficient (Wildman–Crippen LogP) is 1.76. The Bertz CT molecular complexity index is 526. The lowest BCUT2D eigenvalue weighted by Gasteiger charge is -2.04. The van der Waals surface area contributed by atoms with Crippen molar-refractivity contribution >= 4 is 5.78 Å².